The van der Waals surface area contributed by atoms with Crippen molar-refractivity contribution in [3.05, 3.63) is 0 Å². The molecule has 0 aliphatic rings. The van der Waals surface area contributed by atoms with Crippen LogP contribution in [0.5, 0.6) is 0 Å². The van der Waals surface area contributed by atoms with E-state index in [0.717, 1.165) is 0 Å². The first-order valence-electron chi connectivity index (χ1n) is 3.59. The molecule has 2 amide bonds. The molecule has 0 aliphatic heterocycles. The Balaban J connectivity index is -0.000000177. The van der Waals surface area contributed by atoms with Crippen molar-refractivity contribution in [2.75, 3.05) is 13.3 Å². The summed E-state index contributed by atoms with van der Waals surface area (Å²) >= 11 is 0. The fourth-order valence-electron chi connectivity index (χ4n) is 0.249. The van der Waals surface area contributed by atoms with Crippen molar-refractivity contribution < 1.29 is 19.1 Å². The van der Waals surface area contributed by atoms with Gasteiger partial charge in [0.05, 0.1) is 0 Å². The zero-order chi connectivity index (χ0) is 10.5. The van der Waals surface area contributed by atoms with E-state index in [1.165, 1.54) is 13.3 Å². The predicted molar refractivity (Wildman–Crippen MR) is 45.2 cm³/mol. The standard InChI is InChI=1S/C4H7NO3.C3H6NO.Fm/c1-4(7)8-3-5-2-6;1-2-4-3-5;/h2H,3H2,1H3,(H,5,6);2H2,1H3,(H,4,5);/q;-1;. The molecule has 0 bridgehead atoms. The number of carbonyl (C=O) groups is 2. The topological polar surface area (TPSA) is 84.5 Å². The molecule has 7 heteroatoms. The summed E-state index contributed by atoms with van der Waals surface area (Å²) in [5, 5.41) is 4.46. The van der Waals surface area contributed by atoms with Gasteiger partial charge < -0.3 is 20.2 Å². The molecule has 0 spiro atoms. The van der Waals surface area contributed by atoms with E-state index in [0.29, 0.717) is 13.0 Å². The monoisotopic (exact) mass is 446 g/mol. The van der Waals surface area contributed by atoms with E-state index in [1.54, 1.807) is 0 Å². The van der Waals surface area contributed by atoms with Crippen molar-refractivity contribution in [2.45, 2.75) is 13.8 Å². The molecule has 2 N–H and O–H groups in total. The van der Waals surface area contributed by atoms with Gasteiger partial charge in [0.15, 0.2) is 6.73 Å². The Hall–Kier alpha value is -2.59. The van der Waals surface area contributed by atoms with E-state index in [2.05, 4.69) is 15.4 Å². The minimum atomic E-state index is -0.403. The van der Waals surface area contributed by atoms with Crippen LogP contribution in [0.15, 0.2) is 0 Å². The maximum atomic E-state index is 9.94. The second-order valence-corrected chi connectivity index (χ2v) is 1.73. The molecule has 0 aromatic heterocycles. The van der Waals surface area contributed by atoms with Gasteiger partial charge in [-0.25, -0.2) is 0 Å². The zero-order valence-corrected chi connectivity index (χ0v) is 10.3. The van der Waals surface area contributed by atoms with Crippen molar-refractivity contribution >= 4 is 18.8 Å². The molecule has 0 saturated carbocycles. The van der Waals surface area contributed by atoms with Gasteiger partial charge in [-0.1, -0.05) is 6.92 Å². The van der Waals surface area contributed by atoms with E-state index < -0.39 is 5.97 Å². The Kier molecular flexibility index (Phi) is 21.0. The summed E-state index contributed by atoms with van der Waals surface area (Å²) < 4.78 is 4.30. The molecule has 0 heterocycles. The summed E-state index contributed by atoms with van der Waals surface area (Å²) in [5.41, 5.74) is 0. The first-order valence-corrected chi connectivity index (χ1v) is 3.59. The van der Waals surface area contributed by atoms with Crippen LogP contribution in [0.2, 0.25) is 0 Å². The molecule has 0 aromatic rings. The number of esters is 1. The van der Waals surface area contributed by atoms with Gasteiger partial charge >= 0.3 is 5.97 Å². The molecule has 0 atom stereocenters. The molecule has 14 heavy (non-hydrogen) atoms. The summed E-state index contributed by atoms with van der Waals surface area (Å²) in [5.74, 6) is -0.403. The van der Waals surface area contributed by atoms with Gasteiger partial charge in [0, 0.05) is 6.92 Å². The number of ether oxygens (including phenoxy) is 1. The van der Waals surface area contributed by atoms with Crippen LogP contribution in [0.25, 0.3) is 0 Å². The molecule has 0 unspecified atom stereocenters. The number of carbonyl (C=O) groups excluding carboxylic acids is 3. The third kappa shape index (κ3) is 34.2. The van der Waals surface area contributed by atoms with Gasteiger partial charge in [0.1, 0.15) is 0 Å². The molecule has 88 valence electrons. The first-order chi connectivity index (χ1) is 6.18. The minimum Gasteiger partial charge on any atom is -0.530 e. The minimum absolute atomic E-state index is 0. The number of nitrogens with one attached hydrogen (secondary N) is 2. The Morgan fingerprint density at radius 3 is 2.36 bits per heavy atom. The van der Waals surface area contributed by atoms with Crippen LogP contribution in [-0.4, -0.2) is 32.1 Å². The van der Waals surface area contributed by atoms with E-state index >= 15 is 0 Å². The number of amides is 2. The van der Waals surface area contributed by atoms with Crippen molar-refractivity contribution in [2.24, 2.45) is 0 Å². The van der Waals surface area contributed by atoms with Crippen LogP contribution in [0.4, 0.5) is 0 Å². The van der Waals surface area contributed by atoms with E-state index in [4.69, 9.17) is 4.79 Å². The summed E-state index contributed by atoms with van der Waals surface area (Å²) in [6.45, 7) is 3.74. The average molecular weight is 446 g/mol. The molecule has 0 rings (SSSR count). The largest absolute Gasteiger partial charge is 0.530 e. The number of hydrogen-bond donors (Lipinski definition) is 2. The Labute approximate surface area is 76.6 Å². The average Bonchev–Trinajstić information content (AvgIpc) is 2.07. The zero-order valence-electron chi connectivity index (χ0n) is 7.91. The van der Waals surface area contributed by atoms with Gasteiger partial charge in [0.25, 0.3) is 0 Å². The molecule has 0 aromatic carbocycles. The third-order valence-corrected chi connectivity index (χ3v) is 0.691. The smallest absolute Gasteiger partial charge is 0.304 e. The predicted octanol–water partition coefficient (Wildman–Crippen LogP) is -1.08. The molecule has 0 saturated heterocycles. The Morgan fingerprint density at radius 1 is 1.57 bits per heavy atom. The molecular formula is C7H13FmN2O4-. The van der Waals surface area contributed by atoms with Crippen LogP contribution < -0.4 is 10.6 Å². The van der Waals surface area contributed by atoms with Gasteiger partial charge in [-0.05, 0) is 6.54 Å². The molecule has 0 aliphatic carbocycles. The SMILES string of the molecule is CC(=O)OCNC=O.CCN[C-]=O.[Fm]. The summed E-state index contributed by atoms with van der Waals surface area (Å²) in [6.07, 6.45) is 1.98. The van der Waals surface area contributed by atoms with Gasteiger partial charge in [-0.2, -0.15) is 6.41 Å². The molecule has 0 radical (unpaired) electrons. The van der Waals surface area contributed by atoms with Crippen LogP contribution in [-0.2, 0) is 19.1 Å². The Bertz CT molecular complexity index is 155. The summed E-state index contributed by atoms with van der Waals surface area (Å²) in [7, 11) is 0. The van der Waals surface area contributed by atoms with Crippen molar-refractivity contribution in [1.29, 1.82) is 0 Å². The van der Waals surface area contributed by atoms with Crippen molar-refractivity contribution in [1.82, 2.24) is 10.6 Å². The van der Waals surface area contributed by atoms with Gasteiger partial charge in [-0.3, -0.25) is 9.59 Å². The third-order valence-electron chi connectivity index (χ3n) is 0.691. The maximum Gasteiger partial charge on any atom is 0.304 e. The summed E-state index contributed by atoms with van der Waals surface area (Å²) in [6, 6.07) is 0. The normalized spacial score (nSPS) is 6.71. The fraction of sp³-hybridized carbons (Fsp3) is 0.571. The molecule has 6 nitrogen and oxygen atoms in total. The Morgan fingerprint density at radius 2 is 2.14 bits per heavy atom. The first kappa shape index (κ1) is 17.5. The maximum absolute atomic E-state index is 9.94. The van der Waals surface area contributed by atoms with E-state index in [1.807, 2.05) is 6.92 Å². The van der Waals surface area contributed by atoms with Crippen molar-refractivity contribution in [3.8, 4) is 0 Å². The van der Waals surface area contributed by atoms with E-state index in [-0.39, 0.29) is 6.73 Å². The van der Waals surface area contributed by atoms with Gasteiger partial charge in [-0.15, -0.1) is 0 Å². The fourth-order valence-corrected chi connectivity index (χ4v) is 0.249. The van der Waals surface area contributed by atoms with Gasteiger partial charge in [0.2, 0.25) is 6.41 Å². The quantitative estimate of drug-likeness (QED) is 0.141. The summed E-state index contributed by atoms with van der Waals surface area (Å²) in [4.78, 5) is 28.6. The second-order valence-electron chi connectivity index (χ2n) is 1.73. The van der Waals surface area contributed by atoms with Crippen LogP contribution in [0.3, 0.4) is 0 Å². The van der Waals surface area contributed by atoms with Crippen LogP contribution in [0, 0.1) is 0 Å². The van der Waals surface area contributed by atoms with Crippen LogP contribution >= 0.6 is 0 Å². The van der Waals surface area contributed by atoms with Crippen LogP contribution in [0.1, 0.15) is 13.8 Å². The second kappa shape index (κ2) is 16.8. The number of hydrogen-bond acceptors (Lipinski definition) is 4. The molecule has 0 fully saturated rings. The van der Waals surface area contributed by atoms with E-state index in [9.17, 15) is 9.59 Å². The van der Waals surface area contributed by atoms with Crippen molar-refractivity contribution in [3.63, 3.8) is 0 Å². The number of rotatable bonds is 5. The molecular weight excluding hydrogens is 433 g/mol.